The topological polar surface area (TPSA) is 67.8 Å². The molecule has 0 radical (unpaired) electrons. The minimum absolute atomic E-state index is 0.0136. The molecule has 96 valence electrons. The zero-order valence-electron chi connectivity index (χ0n) is 9.85. The van der Waals surface area contributed by atoms with Crippen LogP contribution in [-0.2, 0) is 14.3 Å². The fourth-order valence-electron chi connectivity index (χ4n) is 1.10. The van der Waals surface area contributed by atoms with Crippen LogP contribution in [0.25, 0.3) is 0 Å². The molecule has 18 heavy (non-hydrogen) atoms. The summed E-state index contributed by atoms with van der Waals surface area (Å²) in [6, 6.07) is 7.04. The summed E-state index contributed by atoms with van der Waals surface area (Å²) >= 11 is 5.78. The summed E-state index contributed by atoms with van der Waals surface area (Å²) in [6.07, 6.45) is 1.18. The van der Waals surface area contributed by atoms with E-state index in [4.69, 9.17) is 16.3 Å². The molecule has 0 saturated heterocycles. The van der Waals surface area contributed by atoms with Gasteiger partial charge in [-0.2, -0.15) is 5.10 Å². The van der Waals surface area contributed by atoms with Gasteiger partial charge in [0.1, 0.15) is 18.8 Å². The van der Waals surface area contributed by atoms with Crippen LogP contribution in [0.4, 0.5) is 5.69 Å². The van der Waals surface area contributed by atoms with Crippen molar-refractivity contribution < 1.29 is 14.3 Å². The second kappa shape index (κ2) is 7.45. The predicted octanol–water partition coefficient (Wildman–Crippen LogP) is 2.26. The van der Waals surface area contributed by atoms with Crippen molar-refractivity contribution in [2.75, 3.05) is 12.0 Å². The van der Waals surface area contributed by atoms with Gasteiger partial charge >= 0.3 is 5.97 Å². The van der Waals surface area contributed by atoms with Gasteiger partial charge in [-0.15, -0.1) is 0 Å². The smallest absolute Gasteiger partial charge is 0.313 e. The number of halogens is 1. The average molecular weight is 269 g/mol. The molecule has 0 unspecified atom stereocenters. The summed E-state index contributed by atoms with van der Waals surface area (Å²) in [7, 11) is 0. The fraction of sp³-hybridized carbons (Fsp3) is 0.250. The van der Waals surface area contributed by atoms with E-state index >= 15 is 0 Å². The van der Waals surface area contributed by atoms with E-state index in [9.17, 15) is 9.59 Å². The standard InChI is InChI=1S/C12H13ClN2O3/c1-9(16)7-12(17)18-6-5-14-15-11-4-2-3-10(13)8-11/h2-5,8,15H,6-7H2,1H3/b14-5-. The van der Waals surface area contributed by atoms with Crippen LogP contribution in [0, 0.1) is 0 Å². The first-order valence-corrected chi connectivity index (χ1v) is 5.64. The lowest BCUT2D eigenvalue weighted by Gasteiger charge is -2.01. The van der Waals surface area contributed by atoms with Crippen LogP contribution in [0.15, 0.2) is 29.4 Å². The molecular formula is C12H13ClN2O3. The highest BCUT2D eigenvalue weighted by Gasteiger charge is 2.04. The lowest BCUT2D eigenvalue weighted by atomic mass is 10.3. The minimum atomic E-state index is -0.559. The number of Topliss-reactive ketones (excluding diaryl/α,β-unsaturated/α-hetero) is 1. The molecule has 1 N–H and O–H groups in total. The van der Waals surface area contributed by atoms with Crippen LogP contribution in [0.1, 0.15) is 13.3 Å². The van der Waals surface area contributed by atoms with Gasteiger partial charge in [-0.1, -0.05) is 17.7 Å². The number of hydrogen-bond acceptors (Lipinski definition) is 5. The number of esters is 1. The van der Waals surface area contributed by atoms with Crippen LogP contribution in [0.3, 0.4) is 0 Å². The van der Waals surface area contributed by atoms with E-state index in [-0.39, 0.29) is 18.8 Å². The summed E-state index contributed by atoms with van der Waals surface area (Å²) in [6.45, 7) is 1.34. The largest absolute Gasteiger partial charge is 0.459 e. The number of ketones is 1. The highest BCUT2D eigenvalue weighted by atomic mass is 35.5. The number of ether oxygens (including phenoxy) is 1. The third kappa shape index (κ3) is 6.00. The fourth-order valence-corrected chi connectivity index (χ4v) is 1.29. The maximum atomic E-state index is 11.0. The Kier molecular flexibility index (Phi) is 5.87. The van der Waals surface area contributed by atoms with Gasteiger partial charge in [-0.25, -0.2) is 0 Å². The van der Waals surface area contributed by atoms with Gasteiger partial charge in [0.05, 0.1) is 11.9 Å². The molecule has 1 aromatic carbocycles. The van der Waals surface area contributed by atoms with Gasteiger partial charge < -0.3 is 4.74 Å². The highest BCUT2D eigenvalue weighted by molar-refractivity contribution is 6.30. The number of nitrogens with zero attached hydrogens (tertiary/aromatic N) is 1. The second-order valence-electron chi connectivity index (χ2n) is 3.50. The van der Waals surface area contributed by atoms with E-state index in [0.29, 0.717) is 5.02 Å². The van der Waals surface area contributed by atoms with Crippen molar-refractivity contribution in [3.63, 3.8) is 0 Å². The molecule has 0 spiro atoms. The molecule has 0 atom stereocenters. The molecule has 0 amide bonds. The number of benzene rings is 1. The molecule has 0 fully saturated rings. The van der Waals surface area contributed by atoms with Gasteiger partial charge in [0, 0.05) is 5.02 Å². The first-order valence-electron chi connectivity index (χ1n) is 5.26. The summed E-state index contributed by atoms with van der Waals surface area (Å²) < 4.78 is 4.74. The van der Waals surface area contributed by atoms with Crippen molar-refractivity contribution in [3.05, 3.63) is 29.3 Å². The first-order chi connectivity index (χ1) is 8.58. The minimum Gasteiger partial charge on any atom is -0.459 e. The van der Waals surface area contributed by atoms with Crippen molar-refractivity contribution >= 4 is 35.3 Å². The molecule has 0 aliphatic carbocycles. The zero-order chi connectivity index (χ0) is 13.4. The second-order valence-corrected chi connectivity index (χ2v) is 3.93. The molecule has 6 heteroatoms. The number of anilines is 1. The van der Waals surface area contributed by atoms with Gasteiger partial charge in [0.2, 0.25) is 0 Å². The van der Waals surface area contributed by atoms with Crippen molar-refractivity contribution in [2.45, 2.75) is 13.3 Å². The third-order valence-electron chi connectivity index (χ3n) is 1.82. The summed E-state index contributed by atoms with van der Waals surface area (Å²) in [4.78, 5) is 21.6. The van der Waals surface area contributed by atoms with E-state index in [1.54, 1.807) is 24.3 Å². The van der Waals surface area contributed by atoms with Crippen molar-refractivity contribution in [1.29, 1.82) is 0 Å². The van der Waals surface area contributed by atoms with E-state index in [2.05, 4.69) is 10.5 Å². The Morgan fingerprint density at radius 2 is 2.28 bits per heavy atom. The van der Waals surface area contributed by atoms with Crippen molar-refractivity contribution in [1.82, 2.24) is 0 Å². The molecule has 1 rings (SSSR count). The molecular weight excluding hydrogens is 256 g/mol. The maximum absolute atomic E-state index is 11.0. The van der Waals surface area contributed by atoms with Crippen LogP contribution >= 0.6 is 11.6 Å². The normalized spacial score (nSPS) is 10.3. The Balaban J connectivity index is 2.26. The van der Waals surface area contributed by atoms with Crippen LogP contribution in [-0.4, -0.2) is 24.6 Å². The summed E-state index contributed by atoms with van der Waals surface area (Å²) in [5.41, 5.74) is 3.46. The third-order valence-corrected chi connectivity index (χ3v) is 2.06. The predicted molar refractivity (Wildman–Crippen MR) is 69.8 cm³/mol. The Labute approximate surface area is 110 Å². The number of nitrogens with one attached hydrogen (secondary N) is 1. The Bertz CT molecular complexity index is 460. The van der Waals surface area contributed by atoms with Gasteiger partial charge in [0.15, 0.2) is 0 Å². The average Bonchev–Trinajstić information content (AvgIpc) is 2.27. The van der Waals surface area contributed by atoms with Gasteiger partial charge in [-0.05, 0) is 25.1 Å². The number of hydrazone groups is 1. The molecule has 0 heterocycles. The van der Waals surface area contributed by atoms with Crippen LogP contribution < -0.4 is 5.43 Å². The quantitative estimate of drug-likeness (QED) is 0.372. The Morgan fingerprint density at radius 3 is 2.94 bits per heavy atom. The lowest BCUT2D eigenvalue weighted by Crippen LogP contribution is -2.10. The molecule has 0 aliphatic heterocycles. The Morgan fingerprint density at radius 1 is 1.50 bits per heavy atom. The van der Waals surface area contributed by atoms with E-state index in [0.717, 1.165) is 5.69 Å². The summed E-state index contributed by atoms with van der Waals surface area (Å²) in [5.74, 6) is -0.786. The van der Waals surface area contributed by atoms with Gasteiger partial charge in [0.25, 0.3) is 0 Å². The number of rotatable bonds is 6. The lowest BCUT2D eigenvalue weighted by molar-refractivity contribution is -0.144. The van der Waals surface area contributed by atoms with Crippen molar-refractivity contribution in [3.8, 4) is 0 Å². The van der Waals surface area contributed by atoms with Crippen molar-refractivity contribution in [2.24, 2.45) is 5.10 Å². The van der Waals surface area contributed by atoms with Crippen LogP contribution in [0.2, 0.25) is 5.02 Å². The van der Waals surface area contributed by atoms with Gasteiger partial charge in [-0.3, -0.25) is 15.0 Å². The molecule has 0 aliphatic rings. The van der Waals surface area contributed by atoms with E-state index < -0.39 is 5.97 Å². The van der Waals surface area contributed by atoms with Crippen LogP contribution in [0.5, 0.6) is 0 Å². The molecule has 1 aromatic rings. The first kappa shape index (κ1) is 14.2. The number of hydrogen-bond donors (Lipinski definition) is 1. The van der Waals surface area contributed by atoms with E-state index in [1.165, 1.54) is 13.1 Å². The summed E-state index contributed by atoms with van der Waals surface area (Å²) in [5, 5.41) is 4.44. The molecule has 0 saturated carbocycles. The number of carbonyl (C=O) groups excluding carboxylic acids is 2. The highest BCUT2D eigenvalue weighted by Crippen LogP contribution is 2.14. The molecule has 0 aromatic heterocycles. The Hall–Kier alpha value is -1.88. The number of carbonyl (C=O) groups is 2. The monoisotopic (exact) mass is 268 g/mol. The SMILES string of the molecule is CC(=O)CC(=O)OC/C=N\Nc1cccc(Cl)c1. The zero-order valence-corrected chi connectivity index (χ0v) is 10.6. The van der Waals surface area contributed by atoms with E-state index in [1.807, 2.05) is 0 Å². The molecule has 0 bridgehead atoms. The maximum Gasteiger partial charge on any atom is 0.313 e. The molecule has 5 nitrogen and oxygen atoms in total.